The van der Waals surface area contributed by atoms with Gasteiger partial charge in [-0.25, -0.2) is 0 Å². The number of hydrogen-bond donors (Lipinski definition) is 3. The van der Waals surface area contributed by atoms with Crippen molar-refractivity contribution in [1.82, 2.24) is 9.80 Å². The van der Waals surface area contributed by atoms with Gasteiger partial charge in [0.2, 0.25) is 0 Å². The number of methoxy groups -OCH3 is 1. The van der Waals surface area contributed by atoms with E-state index in [1.807, 2.05) is 45.8 Å². The van der Waals surface area contributed by atoms with Crippen LogP contribution in [0.4, 0.5) is 0 Å². The molecule has 1 aromatic rings. The van der Waals surface area contributed by atoms with Crippen molar-refractivity contribution in [3.05, 3.63) is 35.9 Å². The number of esters is 1. The highest BCUT2D eigenvalue weighted by Gasteiger charge is 2.55. The Morgan fingerprint density at radius 3 is 2.25 bits per heavy atom. The summed E-state index contributed by atoms with van der Waals surface area (Å²) in [4.78, 5) is 19.0. The molecule has 0 aromatic heterocycles. The Morgan fingerprint density at radius 2 is 1.61 bits per heavy atom. The summed E-state index contributed by atoms with van der Waals surface area (Å²) in [5, 5.41) is 35.5. The average molecular weight is 791 g/mol. The van der Waals surface area contributed by atoms with Crippen LogP contribution in [0.25, 0.3) is 0 Å². The second-order valence-electron chi connectivity index (χ2n) is 18.5. The third kappa shape index (κ3) is 9.83. The third-order valence-electron chi connectivity index (χ3n) is 13.8. The monoisotopic (exact) mass is 791 g/mol. The molecule has 4 saturated heterocycles. The average Bonchev–Trinajstić information content (AvgIpc) is 3.37. The number of hydrogen-bond acceptors (Lipinski definition) is 12. The summed E-state index contributed by atoms with van der Waals surface area (Å²) in [6.45, 7) is 18.4. The molecule has 4 heterocycles. The maximum atomic E-state index is 14.5. The van der Waals surface area contributed by atoms with Crippen LogP contribution in [0, 0.1) is 23.7 Å². The van der Waals surface area contributed by atoms with Crippen molar-refractivity contribution in [1.29, 1.82) is 0 Å². The topological polar surface area (TPSA) is 140 Å². The molecular weight excluding hydrogens is 716 g/mol. The Bertz CT molecular complexity index is 1400. The first-order valence-corrected chi connectivity index (χ1v) is 21.2. The fourth-order valence-corrected chi connectivity index (χ4v) is 10.6. The molecule has 3 N–H and O–H groups in total. The predicted molar refractivity (Wildman–Crippen MR) is 214 cm³/mol. The summed E-state index contributed by atoms with van der Waals surface area (Å²) < 4.78 is 38.5. The second-order valence-corrected chi connectivity index (χ2v) is 18.5. The Morgan fingerprint density at radius 1 is 0.929 bits per heavy atom. The van der Waals surface area contributed by atoms with Gasteiger partial charge in [0.1, 0.15) is 18.3 Å². The van der Waals surface area contributed by atoms with Crippen molar-refractivity contribution in [2.75, 3.05) is 27.7 Å². The molecule has 0 aliphatic carbocycles. The molecule has 5 rings (SSSR count). The minimum Gasteiger partial charge on any atom is -0.460 e. The van der Waals surface area contributed by atoms with Crippen molar-refractivity contribution >= 4 is 5.97 Å². The largest absolute Gasteiger partial charge is 0.460 e. The van der Waals surface area contributed by atoms with Gasteiger partial charge in [0.25, 0.3) is 0 Å². The van der Waals surface area contributed by atoms with Crippen LogP contribution in [-0.4, -0.2) is 143 Å². The van der Waals surface area contributed by atoms with Crippen molar-refractivity contribution in [3.8, 4) is 0 Å². The highest BCUT2D eigenvalue weighted by molar-refractivity contribution is 5.73. The number of aryl methyl sites for hydroxylation is 1. The summed E-state index contributed by atoms with van der Waals surface area (Å²) in [5.41, 5.74) is -1.08. The van der Waals surface area contributed by atoms with Crippen LogP contribution >= 0.6 is 0 Å². The normalized spacial score (nSPS) is 45.6. The highest BCUT2D eigenvalue weighted by atomic mass is 16.7. The number of likely N-dealkylation sites (N-methyl/N-ethyl adjacent to an activating group) is 1. The second kappa shape index (κ2) is 18.7. The van der Waals surface area contributed by atoms with E-state index in [0.29, 0.717) is 12.8 Å². The molecule has 56 heavy (non-hydrogen) atoms. The summed E-state index contributed by atoms with van der Waals surface area (Å²) in [5.74, 6) is -1.84. The van der Waals surface area contributed by atoms with Gasteiger partial charge in [-0.3, -0.25) is 9.69 Å². The molecule has 18 atom stereocenters. The lowest BCUT2D eigenvalue weighted by Gasteiger charge is -2.49. The summed E-state index contributed by atoms with van der Waals surface area (Å²) in [6, 6.07) is 10.3. The van der Waals surface area contributed by atoms with Gasteiger partial charge in [-0.1, -0.05) is 51.1 Å². The van der Waals surface area contributed by atoms with E-state index < -0.39 is 72.1 Å². The standard InChI is InChI=1S/C44H74N2O10/c1-25-23-43(8,50)40(56-42-36(47)33(45(10)11)22-26(2)52-42)28(4)37(54-34-24-44(9,51-12)39(48)31(7)53-34)29(5)41(49)55-38-27(3)35(25)46(30(38)6)21-17-16-20-32-18-14-13-15-19-32/h13-15,18-19,25-31,33-40,42,47-48,50H,16-17,20-24H2,1-12H3/t25-,26-,27-,28+,29-,30-,31+,33+,34+,35?,36-,37+,38-,39+,40-,42+,43-,44-/m1/s1. The minimum absolute atomic E-state index is 0.00622. The molecule has 0 amide bonds. The zero-order chi connectivity index (χ0) is 41.3. The van der Waals surface area contributed by atoms with Crippen LogP contribution in [-0.2, 0) is 39.6 Å². The SMILES string of the molecule is CO[C@]1(C)C[C@H](O[C@H]2[C@H](C)[C@@H](O[C@@H]3O[C@H](C)C[C@H](N(C)C)[C@H]3O)[C@](C)(O)C[C@@H](C)C3[C@@H](C)[C@@H](OC(=O)[C@@H]2C)[C@@H](C)N3CCCCc2ccccc2)O[C@@H](C)[C@@H]1O. The molecule has 12 heteroatoms. The maximum absolute atomic E-state index is 14.5. The molecule has 12 nitrogen and oxygen atoms in total. The van der Waals surface area contributed by atoms with Crippen molar-refractivity contribution in [2.45, 2.75) is 185 Å². The lowest BCUT2D eigenvalue weighted by molar-refractivity contribution is -0.318. The van der Waals surface area contributed by atoms with Crippen LogP contribution in [0.3, 0.4) is 0 Å². The molecule has 320 valence electrons. The number of carbonyl (C=O) groups excluding carboxylic acids is 1. The Labute approximate surface area is 336 Å². The molecule has 4 aliphatic heterocycles. The van der Waals surface area contributed by atoms with E-state index in [4.69, 9.17) is 28.4 Å². The number of aliphatic hydroxyl groups is 3. The number of nitrogens with zero attached hydrogens (tertiary/aromatic N) is 2. The number of fused-ring (bicyclic) bond motifs is 2. The van der Waals surface area contributed by atoms with Crippen LogP contribution in [0.15, 0.2) is 30.3 Å². The third-order valence-corrected chi connectivity index (χ3v) is 13.8. The first-order chi connectivity index (χ1) is 26.3. The van der Waals surface area contributed by atoms with E-state index in [1.54, 1.807) is 27.9 Å². The summed E-state index contributed by atoms with van der Waals surface area (Å²) >= 11 is 0. The van der Waals surface area contributed by atoms with Gasteiger partial charge in [-0.05, 0) is 106 Å². The number of carbonyl (C=O) groups is 1. The molecule has 0 saturated carbocycles. The lowest BCUT2D eigenvalue weighted by atomic mass is 9.75. The molecule has 4 fully saturated rings. The number of rotatable bonds is 11. The first-order valence-electron chi connectivity index (χ1n) is 21.2. The van der Waals surface area contributed by atoms with Crippen molar-refractivity contribution < 1.29 is 48.5 Å². The van der Waals surface area contributed by atoms with Gasteiger partial charge in [0.05, 0.1) is 41.5 Å². The zero-order valence-corrected chi connectivity index (χ0v) is 36.2. The smallest absolute Gasteiger partial charge is 0.311 e. The van der Waals surface area contributed by atoms with E-state index in [9.17, 15) is 20.1 Å². The zero-order valence-electron chi connectivity index (χ0n) is 36.2. The molecule has 0 radical (unpaired) electrons. The Hall–Kier alpha value is -1.71. The van der Waals surface area contributed by atoms with E-state index >= 15 is 0 Å². The first kappa shape index (κ1) is 45.4. The molecule has 1 aromatic carbocycles. The Kier molecular flexibility index (Phi) is 15.1. The van der Waals surface area contributed by atoms with Crippen LogP contribution in [0.1, 0.15) is 100.0 Å². The highest BCUT2D eigenvalue weighted by Crippen LogP contribution is 2.44. The van der Waals surface area contributed by atoms with E-state index in [0.717, 1.165) is 25.8 Å². The van der Waals surface area contributed by atoms with Crippen LogP contribution in [0.5, 0.6) is 0 Å². The molecule has 4 aliphatic rings. The van der Waals surface area contributed by atoms with E-state index in [-0.39, 0.29) is 48.6 Å². The van der Waals surface area contributed by atoms with Gasteiger partial charge in [-0.2, -0.15) is 0 Å². The van der Waals surface area contributed by atoms with Crippen molar-refractivity contribution in [2.24, 2.45) is 23.7 Å². The summed E-state index contributed by atoms with van der Waals surface area (Å²) in [7, 11) is 5.41. The predicted octanol–water partition coefficient (Wildman–Crippen LogP) is 4.79. The molecular formula is C44H74N2O10. The number of ether oxygens (including phenoxy) is 6. The lowest BCUT2D eigenvalue weighted by Crippen LogP contribution is -2.60. The molecule has 0 spiro atoms. The summed E-state index contributed by atoms with van der Waals surface area (Å²) in [6.07, 6.45) is -2.49. The number of aliphatic hydroxyl groups excluding tert-OH is 2. The van der Waals surface area contributed by atoms with Gasteiger partial charge in [-0.15, -0.1) is 0 Å². The van der Waals surface area contributed by atoms with E-state index in [1.165, 1.54) is 5.56 Å². The van der Waals surface area contributed by atoms with Gasteiger partial charge < -0.3 is 48.6 Å². The Balaban J connectivity index is 1.50. The number of unbranched alkanes of at least 4 members (excludes halogenated alkanes) is 1. The van der Waals surface area contributed by atoms with Crippen LogP contribution < -0.4 is 0 Å². The fourth-order valence-electron chi connectivity index (χ4n) is 10.6. The van der Waals surface area contributed by atoms with Crippen LogP contribution in [0.2, 0.25) is 0 Å². The number of likely N-dealkylation sites (tertiary alicyclic amines) is 1. The van der Waals surface area contributed by atoms with Crippen molar-refractivity contribution in [3.63, 3.8) is 0 Å². The fraction of sp³-hybridized carbons (Fsp3) is 0.841. The number of benzene rings is 1. The van der Waals surface area contributed by atoms with Gasteiger partial charge >= 0.3 is 5.97 Å². The maximum Gasteiger partial charge on any atom is 0.311 e. The minimum atomic E-state index is -1.45. The van der Waals surface area contributed by atoms with E-state index in [2.05, 4.69) is 49.9 Å². The van der Waals surface area contributed by atoms with Gasteiger partial charge in [0.15, 0.2) is 12.6 Å². The molecule has 2 bridgehead atoms. The quantitative estimate of drug-likeness (QED) is 0.210. The van der Waals surface area contributed by atoms with Gasteiger partial charge in [0, 0.05) is 43.5 Å². The molecule has 1 unspecified atom stereocenters.